The zero-order chi connectivity index (χ0) is 18.7. The van der Waals surface area contributed by atoms with Crippen LogP contribution in [0, 0.1) is 0 Å². The Morgan fingerprint density at radius 1 is 1.23 bits per heavy atom. The predicted molar refractivity (Wildman–Crippen MR) is 101 cm³/mol. The lowest BCUT2D eigenvalue weighted by molar-refractivity contribution is -0.109. The first-order valence-corrected chi connectivity index (χ1v) is 8.47. The van der Waals surface area contributed by atoms with Crippen molar-refractivity contribution in [3.05, 3.63) is 53.6 Å². The molecule has 0 fully saturated rings. The van der Waals surface area contributed by atoms with Crippen LogP contribution < -0.4 is 5.32 Å². The van der Waals surface area contributed by atoms with Crippen molar-refractivity contribution in [3.8, 4) is 28.3 Å². The summed E-state index contributed by atoms with van der Waals surface area (Å²) in [7, 11) is 0. The van der Waals surface area contributed by atoms with Crippen LogP contribution in [0.3, 0.4) is 0 Å². The van der Waals surface area contributed by atoms with E-state index in [1.54, 1.807) is 24.5 Å². The number of carbonyl (C=O) groups is 1. The van der Waals surface area contributed by atoms with E-state index in [1.807, 2.05) is 32.0 Å². The summed E-state index contributed by atoms with van der Waals surface area (Å²) in [5.74, 6) is 0.722. The van der Waals surface area contributed by atoms with Gasteiger partial charge in [0.1, 0.15) is 11.6 Å². The Labute approximate surface area is 156 Å². The van der Waals surface area contributed by atoms with Gasteiger partial charge in [0.2, 0.25) is 6.41 Å². The fourth-order valence-corrected chi connectivity index (χ4v) is 2.79. The molecular weight excluding hydrogens is 352 g/mol. The third-order valence-electron chi connectivity index (χ3n) is 4.16. The predicted octanol–water partition coefficient (Wildman–Crippen LogP) is 3.52. The Balaban J connectivity index is 2.15. The molecule has 1 amide bonds. The van der Waals surface area contributed by atoms with Gasteiger partial charge in [-0.05, 0) is 24.3 Å². The van der Waals surface area contributed by atoms with E-state index in [-0.39, 0.29) is 10.8 Å². The molecule has 26 heavy (non-hydrogen) atoms. The maximum atomic E-state index is 10.7. The quantitative estimate of drug-likeness (QED) is 0.579. The molecule has 3 N–H and O–H groups in total. The molecule has 7 heteroatoms. The molecule has 134 valence electrons. The van der Waals surface area contributed by atoms with Crippen LogP contribution in [-0.4, -0.2) is 33.0 Å². The topological polar surface area (TPSA) is 90.9 Å². The highest BCUT2D eigenvalue weighted by Crippen LogP contribution is 2.36. The molecule has 2 heterocycles. The van der Waals surface area contributed by atoms with Crippen molar-refractivity contribution in [2.24, 2.45) is 0 Å². The summed E-state index contributed by atoms with van der Waals surface area (Å²) < 4.78 is 0. The van der Waals surface area contributed by atoms with Crippen LogP contribution >= 0.6 is 11.6 Å². The normalized spacial score (nSPS) is 11.3. The minimum absolute atomic E-state index is 0.00345. The molecule has 0 saturated carbocycles. The fraction of sp³-hybridized carbons (Fsp3) is 0.211. The summed E-state index contributed by atoms with van der Waals surface area (Å²) in [6.45, 7) is 4.41. The lowest BCUT2D eigenvalue weighted by Gasteiger charge is -2.21. The summed E-state index contributed by atoms with van der Waals surface area (Å²) in [5, 5.41) is 13.0. The van der Waals surface area contributed by atoms with E-state index in [1.165, 1.54) is 0 Å². The van der Waals surface area contributed by atoms with Crippen molar-refractivity contribution >= 4 is 18.0 Å². The van der Waals surface area contributed by atoms with E-state index < -0.39 is 5.41 Å². The average Bonchev–Trinajstić information content (AvgIpc) is 3.09. The number of hydrogen-bond donors (Lipinski definition) is 3. The average molecular weight is 371 g/mol. The summed E-state index contributed by atoms with van der Waals surface area (Å²) >= 11 is 5.93. The van der Waals surface area contributed by atoms with Gasteiger partial charge < -0.3 is 15.4 Å². The molecule has 0 aliphatic rings. The largest absolute Gasteiger partial charge is 0.506 e. The van der Waals surface area contributed by atoms with E-state index in [0.717, 1.165) is 22.6 Å². The van der Waals surface area contributed by atoms with Crippen molar-refractivity contribution < 1.29 is 9.90 Å². The second-order valence-corrected chi connectivity index (χ2v) is 7.00. The van der Waals surface area contributed by atoms with Gasteiger partial charge in [-0.3, -0.25) is 9.78 Å². The van der Waals surface area contributed by atoms with Crippen LogP contribution in [0.4, 0.5) is 0 Å². The molecule has 3 rings (SSSR count). The lowest BCUT2D eigenvalue weighted by atomic mass is 9.92. The van der Waals surface area contributed by atoms with Gasteiger partial charge in [0, 0.05) is 35.5 Å². The number of imidazole rings is 1. The van der Waals surface area contributed by atoms with E-state index in [2.05, 4.69) is 15.3 Å². The van der Waals surface area contributed by atoms with Crippen LogP contribution in [0.1, 0.15) is 19.7 Å². The second-order valence-electron chi connectivity index (χ2n) is 6.59. The molecule has 0 unspecified atom stereocenters. The fourth-order valence-electron chi connectivity index (χ4n) is 2.67. The van der Waals surface area contributed by atoms with Crippen molar-refractivity contribution in [1.82, 2.24) is 20.3 Å². The number of halogens is 1. The number of benzene rings is 1. The lowest BCUT2D eigenvalue weighted by Crippen LogP contribution is -2.33. The molecular formula is C19H19ClN4O2. The van der Waals surface area contributed by atoms with E-state index >= 15 is 0 Å². The second kappa shape index (κ2) is 7.17. The minimum atomic E-state index is -0.407. The van der Waals surface area contributed by atoms with Crippen LogP contribution in [0.25, 0.3) is 22.5 Å². The summed E-state index contributed by atoms with van der Waals surface area (Å²) in [4.78, 5) is 22.9. The number of hydrogen-bond acceptors (Lipinski definition) is 4. The van der Waals surface area contributed by atoms with Crippen molar-refractivity contribution in [1.29, 1.82) is 0 Å². The number of phenols is 1. The number of phenolic OH excluding ortho intramolecular Hbond substituents is 1. The first kappa shape index (κ1) is 17.9. The van der Waals surface area contributed by atoms with Crippen molar-refractivity contribution in [3.63, 3.8) is 0 Å². The number of aromatic amines is 1. The first-order chi connectivity index (χ1) is 12.4. The Hall–Kier alpha value is -2.86. The maximum Gasteiger partial charge on any atom is 0.207 e. The molecule has 0 atom stereocenters. The van der Waals surface area contributed by atoms with Gasteiger partial charge in [-0.2, -0.15) is 0 Å². The highest BCUT2D eigenvalue weighted by atomic mass is 35.5. The van der Waals surface area contributed by atoms with Crippen molar-refractivity contribution in [2.75, 3.05) is 6.54 Å². The minimum Gasteiger partial charge on any atom is -0.506 e. The van der Waals surface area contributed by atoms with Crippen LogP contribution in [-0.2, 0) is 10.2 Å². The number of pyridine rings is 1. The SMILES string of the molecule is CC(C)(CNC=O)c1nc(-c2ccc(Cl)c(O)c2)c(-c2ccncc2)[nH]1. The number of carbonyl (C=O) groups excluding carboxylic acids is 1. The van der Waals surface area contributed by atoms with Gasteiger partial charge in [0.05, 0.1) is 16.4 Å². The molecule has 0 spiro atoms. The Kier molecular flexibility index (Phi) is 4.95. The molecule has 6 nitrogen and oxygen atoms in total. The number of H-pyrrole nitrogens is 1. The van der Waals surface area contributed by atoms with Gasteiger partial charge in [-0.1, -0.05) is 31.5 Å². The number of aromatic hydroxyl groups is 1. The molecule has 0 radical (unpaired) electrons. The highest BCUT2D eigenvalue weighted by Gasteiger charge is 2.27. The molecule has 0 aliphatic heterocycles. The number of amides is 1. The number of nitrogens with one attached hydrogen (secondary N) is 2. The monoisotopic (exact) mass is 370 g/mol. The Bertz CT molecular complexity index is 923. The molecule has 0 bridgehead atoms. The number of rotatable bonds is 6. The standard InChI is InChI=1S/C19H19ClN4O2/c1-19(2,10-22-11-25)18-23-16(12-5-7-21-8-6-12)17(24-18)13-3-4-14(20)15(26)9-13/h3-9,11,26H,10H2,1-2H3,(H,22,25)(H,23,24). The molecule has 3 aromatic rings. The van der Waals surface area contributed by atoms with Gasteiger partial charge in [0.25, 0.3) is 0 Å². The summed E-state index contributed by atoms with van der Waals surface area (Å²) in [6, 6.07) is 8.80. The zero-order valence-electron chi connectivity index (χ0n) is 14.5. The van der Waals surface area contributed by atoms with Crippen molar-refractivity contribution in [2.45, 2.75) is 19.3 Å². The maximum absolute atomic E-state index is 10.7. The molecule has 1 aromatic carbocycles. The molecule has 2 aromatic heterocycles. The van der Waals surface area contributed by atoms with E-state index in [9.17, 15) is 9.90 Å². The summed E-state index contributed by atoms with van der Waals surface area (Å²) in [6.07, 6.45) is 4.09. The van der Waals surface area contributed by atoms with Crippen LogP contribution in [0.15, 0.2) is 42.7 Å². The van der Waals surface area contributed by atoms with Gasteiger partial charge in [-0.25, -0.2) is 4.98 Å². The smallest absolute Gasteiger partial charge is 0.207 e. The first-order valence-electron chi connectivity index (χ1n) is 8.09. The number of aromatic nitrogens is 3. The molecule has 0 aliphatic carbocycles. The van der Waals surface area contributed by atoms with Gasteiger partial charge >= 0.3 is 0 Å². The zero-order valence-corrected chi connectivity index (χ0v) is 15.2. The van der Waals surface area contributed by atoms with E-state index in [0.29, 0.717) is 18.6 Å². The van der Waals surface area contributed by atoms with Gasteiger partial charge in [0.15, 0.2) is 0 Å². The summed E-state index contributed by atoms with van der Waals surface area (Å²) in [5.41, 5.74) is 2.75. The third-order valence-corrected chi connectivity index (χ3v) is 4.48. The number of nitrogens with zero attached hydrogens (tertiary/aromatic N) is 2. The Morgan fingerprint density at radius 3 is 2.62 bits per heavy atom. The molecule has 0 saturated heterocycles. The Morgan fingerprint density at radius 2 is 1.96 bits per heavy atom. The third kappa shape index (κ3) is 3.55. The highest BCUT2D eigenvalue weighted by molar-refractivity contribution is 6.32. The van der Waals surface area contributed by atoms with Crippen LogP contribution in [0.5, 0.6) is 5.75 Å². The van der Waals surface area contributed by atoms with E-state index in [4.69, 9.17) is 16.6 Å². The van der Waals surface area contributed by atoms with Gasteiger partial charge in [-0.15, -0.1) is 0 Å². The van der Waals surface area contributed by atoms with Crippen LogP contribution in [0.2, 0.25) is 5.02 Å².